The highest BCUT2D eigenvalue weighted by Crippen LogP contribution is 2.40. The summed E-state index contributed by atoms with van der Waals surface area (Å²) >= 11 is 1.71. The standard InChI is InChI=1S/C31H27N7S/c32-19-28-34-16-12-27(36-28)35-26-13-17-38(18-14-26)21-22-8-10-23(11-9-22)29-30(24-5-2-1-3-6-24)39-31(37-29)25-7-4-15-33-20-25/h1-12,15-16,20,26H,13-14,17-18,21H2,(H,34,35,36). The first-order chi connectivity index (χ1) is 19.2. The van der Waals surface area contributed by atoms with Crippen LogP contribution in [0.3, 0.4) is 0 Å². The minimum atomic E-state index is 0.197. The molecule has 7 nitrogen and oxygen atoms in total. The van der Waals surface area contributed by atoms with Crippen molar-refractivity contribution in [3.05, 3.63) is 103 Å². The van der Waals surface area contributed by atoms with Crippen molar-refractivity contribution < 1.29 is 0 Å². The number of aromatic nitrogens is 4. The van der Waals surface area contributed by atoms with Crippen molar-refractivity contribution in [1.82, 2.24) is 24.8 Å². The van der Waals surface area contributed by atoms with Crippen LogP contribution >= 0.6 is 11.3 Å². The van der Waals surface area contributed by atoms with E-state index in [1.165, 1.54) is 16.0 Å². The van der Waals surface area contributed by atoms with Crippen LogP contribution in [0.4, 0.5) is 5.82 Å². The molecule has 1 N–H and O–H groups in total. The average Bonchev–Trinajstić information content (AvgIpc) is 3.45. The van der Waals surface area contributed by atoms with Gasteiger partial charge in [0.2, 0.25) is 5.82 Å². The zero-order chi connectivity index (χ0) is 26.4. The molecule has 0 radical (unpaired) electrons. The molecule has 1 aliphatic heterocycles. The Morgan fingerprint density at radius 2 is 1.67 bits per heavy atom. The van der Waals surface area contributed by atoms with Crippen LogP contribution in [0.1, 0.15) is 24.2 Å². The fourth-order valence-electron chi connectivity index (χ4n) is 4.88. The Morgan fingerprint density at radius 3 is 2.41 bits per heavy atom. The third-order valence-electron chi connectivity index (χ3n) is 6.90. The first-order valence-electron chi connectivity index (χ1n) is 13.0. The van der Waals surface area contributed by atoms with E-state index >= 15 is 0 Å². The van der Waals surface area contributed by atoms with Gasteiger partial charge in [-0.3, -0.25) is 9.88 Å². The number of anilines is 1. The topological polar surface area (TPSA) is 90.6 Å². The highest BCUT2D eigenvalue weighted by Gasteiger charge is 2.20. The predicted molar refractivity (Wildman–Crippen MR) is 155 cm³/mol. The lowest BCUT2D eigenvalue weighted by Gasteiger charge is -2.32. The second-order valence-corrected chi connectivity index (χ2v) is 10.6. The van der Waals surface area contributed by atoms with E-state index in [1.54, 1.807) is 23.7 Å². The quantitative estimate of drug-likeness (QED) is 0.265. The van der Waals surface area contributed by atoms with Crippen LogP contribution in [0.25, 0.3) is 32.3 Å². The lowest BCUT2D eigenvalue weighted by atomic mass is 10.0. The van der Waals surface area contributed by atoms with E-state index < -0.39 is 0 Å². The summed E-state index contributed by atoms with van der Waals surface area (Å²) in [5.74, 6) is 0.918. The summed E-state index contributed by atoms with van der Waals surface area (Å²) in [4.78, 5) is 21.2. The molecule has 0 amide bonds. The normalized spacial score (nSPS) is 14.1. The summed E-state index contributed by atoms with van der Waals surface area (Å²) in [6.45, 7) is 2.94. The van der Waals surface area contributed by atoms with Crippen LogP contribution in [-0.2, 0) is 6.54 Å². The number of likely N-dealkylation sites (tertiary alicyclic amines) is 1. The molecule has 0 spiro atoms. The molecular weight excluding hydrogens is 502 g/mol. The van der Waals surface area contributed by atoms with Crippen molar-refractivity contribution in [3.63, 3.8) is 0 Å². The second kappa shape index (κ2) is 11.5. The Hall–Kier alpha value is -4.45. The Labute approximate surface area is 231 Å². The molecule has 1 aliphatic rings. The molecule has 3 aromatic heterocycles. The van der Waals surface area contributed by atoms with Gasteiger partial charge in [-0.15, -0.1) is 11.3 Å². The van der Waals surface area contributed by atoms with Gasteiger partial charge in [0.1, 0.15) is 16.9 Å². The summed E-state index contributed by atoms with van der Waals surface area (Å²) in [5.41, 5.74) is 5.63. The monoisotopic (exact) mass is 529 g/mol. The smallest absolute Gasteiger partial charge is 0.234 e. The maximum atomic E-state index is 9.02. The Balaban J connectivity index is 1.14. The van der Waals surface area contributed by atoms with Gasteiger partial charge in [0.05, 0.1) is 10.6 Å². The largest absolute Gasteiger partial charge is 0.367 e. The van der Waals surface area contributed by atoms with Gasteiger partial charge in [-0.05, 0) is 42.2 Å². The second-order valence-electron chi connectivity index (χ2n) is 9.57. The highest BCUT2D eigenvalue weighted by atomic mass is 32.1. The van der Waals surface area contributed by atoms with Crippen LogP contribution in [-0.4, -0.2) is 44.0 Å². The maximum absolute atomic E-state index is 9.02. The highest BCUT2D eigenvalue weighted by molar-refractivity contribution is 7.19. The van der Waals surface area contributed by atoms with E-state index in [2.05, 4.69) is 79.8 Å². The Kier molecular flexibility index (Phi) is 7.34. The SMILES string of the molecule is N#Cc1nccc(NC2CCN(Cc3ccc(-c4nc(-c5cccnc5)sc4-c4ccccc4)cc3)CC2)n1. The third-order valence-corrected chi connectivity index (χ3v) is 8.05. The number of rotatable bonds is 7. The molecule has 6 rings (SSSR count). The fourth-order valence-corrected chi connectivity index (χ4v) is 5.96. The summed E-state index contributed by atoms with van der Waals surface area (Å²) in [6.07, 6.45) is 7.34. The molecule has 0 atom stereocenters. The molecule has 8 heteroatoms. The molecule has 4 heterocycles. The molecule has 39 heavy (non-hydrogen) atoms. The van der Waals surface area contributed by atoms with Crippen molar-refractivity contribution in [2.75, 3.05) is 18.4 Å². The van der Waals surface area contributed by atoms with Crippen LogP contribution < -0.4 is 5.32 Å². The third kappa shape index (κ3) is 5.85. The van der Waals surface area contributed by atoms with Gasteiger partial charge in [0.15, 0.2) is 0 Å². The average molecular weight is 530 g/mol. The number of benzene rings is 2. The molecule has 0 unspecified atom stereocenters. The van der Waals surface area contributed by atoms with Crippen molar-refractivity contribution in [1.29, 1.82) is 5.26 Å². The van der Waals surface area contributed by atoms with Gasteiger partial charge >= 0.3 is 0 Å². The van der Waals surface area contributed by atoms with Gasteiger partial charge in [-0.25, -0.2) is 15.0 Å². The number of hydrogen-bond donors (Lipinski definition) is 1. The molecule has 0 bridgehead atoms. The van der Waals surface area contributed by atoms with Crippen LogP contribution in [0.15, 0.2) is 91.4 Å². The zero-order valence-corrected chi connectivity index (χ0v) is 22.2. The van der Waals surface area contributed by atoms with Gasteiger partial charge in [-0.2, -0.15) is 5.26 Å². The van der Waals surface area contributed by atoms with E-state index in [0.29, 0.717) is 6.04 Å². The lowest BCUT2D eigenvalue weighted by Crippen LogP contribution is -2.38. The van der Waals surface area contributed by atoms with E-state index in [1.807, 2.05) is 30.5 Å². The minimum absolute atomic E-state index is 0.197. The number of piperidine rings is 1. The Bertz CT molecular complexity index is 1570. The van der Waals surface area contributed by atoms with Gasteiger partial charge < -0.3 is 5.32 Å². The number of thiazole rings is 1. The summed E-state index contributed by atoms with van der Waals surface area (Å²) < 4.78 is 0. The van der Waals surface area contributed by atoms with Gasteiger partial charge in [0.25, 0.3) is 0 Å². The van der Waals surface area contributed by atoms with Crippen LogP contribution in [0.2, 0.25) is 0 Å². The number of nitrogens with zero attached hydrogens (tertiary/aromatic N) is 6. The number of nitrogens with one attached hydrogen (secondary N) is 1. The lowest BCUT2D eigenvalue weighted by molar-refractivity contribution is 0.211. The van der Waals surface area contributed by atoms with Crippen molar-refractivity contribution in [3.8, 4) is 38.3 Å². The zero-order valence-electron chi connectivity index (χ0n) is 21.4. The van der Waals surface area contributed by atoms with E-state index in [4.69, 9.17) is 10.2 Å². The van der Waals surface area contributed by atoms with Crippen LogP contribution in [0.5, 0.6) is 0 Å². The van der Waals surface area contributed by atoms with Crippen LogP contribution in [0, 0.1) is 11.3 Å². The summed E-state index contributed by atoms with van der Waals surface area (Å²) in [5, 5.41) is 13.5. The number of nitriles is 1. The van der Waals surface area contributed by atoms with E-state index in [-0.39, 0.29) is 5.82 Å². The predicted octanol–water partition coefficient (Wildman–Crippen LogP) is 6.28. The van der Waals surface area contributed by atoms with E-state index in [0.717, 1.165) is 60.1 Å². The van der Waals surface area contributed by atoms with Crippen molar-refractivity contribution >= 4 is 17.2 Å². The number of pyridine rings is 1. The molecule has 1 saturated heterocycles. The fraction of sp³-hybridized carbons (Fsp3) is 0.194. The first kappa shape index (κ1) is 24.9. The molecule has 1 fully saturated rings. The molecule has 2 aromatic carbocycles. The maximum Gasteiger partial charge on any atom is 0.234 e. The van der Waals surface area contributed by atoms with Crippen molar-refractivity contribution in [2.45, 2.75) is 25.4 Å². The van der Waals surface area contributed by atoms with Gasteiger partial charge in [0, 0.05) is 55.4 Å². The van der Waals surface area contributed by atoms with E-state index in [9.17, 15) is 0 Å². The Morgan fingerprint density at radius 1 is 0.872 bits per heavy atom. The molecule has 5 aromatic rings. The molecular formula is C31H27N7S. The molecule has 0 saturated carbocycles. The molecule has 0 aliphatic carbocycles. The minimum Gasteiger partial charge on any atom is -0.367 e. The number of hydrogen-bond acceptors (Lipinski definition) is 8. The molecule has 192 valence electrons. The van der Waals surface area contributed by atoms with Gasteiger partial charge in [-0.1, -0.05) is 54.6 Å². The van der Waals surface area contributed by atoms with Crippen molar-refractivity contribution in [2.24, 2.45) is 0 Å². The first-order valence-corrected chi connectivity index (χ1v) is 13.8. The summed E-state index contributed by atoms with van der Waals surface area (Å²) in [6, 6.07) is 27.5. The summed E-state index contributed by atoms with van der Waals surface area (Å²) in [7, 11) is 0.